The maximum absolute atomic E-state index is 13.3. The average Bonchev–Trinajstić information content (AvgIpc) is 3.32. The molecule has 6 heteroatoms. The summed E-state index contributed by atoms with van der Waals surface area (Å²) in [5.74, 6) is -0.450. The first kappa shape index (κ1) is 65.6. The van der Waals surface area contributed by atoms with Crippen LogP contribution in [0.4, 0.5) is 0 Å². The molecule has 0 radical (unpaired) electrons. The lowest BCUT2D eigenvalue weighted by atomic mass is 10.0. The van der Waals surface area contributed by atoms with Crippen LogP contribution in [0.2, 0.25) is 0 Å². The van der Waals surface area contributed by atoms with Crippen LogP contribution in [-0.2, 0) is 14.3 Å². The lowest BCUT2D eigenvalue weighted by Crippen LogP contribution is -2.46. The van der Waals surface area contributed by atoms with E-state index in [4.69, 9.17) is 4.74 Å². The van der Waals surface area contributed by atoms with Crippen molar-refractivity contribution in [2.75, 3.05) is 6.61 Å². The number of allylic oxidation sites excluding steroid dienone is 2. The van der Waals surface area contributed by atoms with E-state index in [9.17, 15) is 19.8 Å². The van der Waals surface area contributed by atoms with Gasteiger partial charge in [0.05, 0.1) is 25.2 Å². The number of unbranched alkanes of at least 4 members (excludes halogenated alkanes) is 42. The van der Waals surface area contributed by atoms with Crippen molar-refractivity contribution in [2.24, 2.45) is 0 Å². The van der Waals surface area contributed by atoms with E-state index in [1.54, 1.807) is 0 Å². The van der Waals surface area contributed by atoms with Gasteiger partial charge in [-0.3, -0.25) is 9.59 Å². The molecule has 0 rings (SSSR count). The minimum absolute atomic E-state index is 0.0852. The van der Waals surface area contributed by atoms with Gasteiger partial charge in [-0.1, -0.05) is 290 Å². The van der Waals surface area contributed by atoms with Gasteiger partial charge >= 0.3 is 5.97 Å². The van der Waals surface area contributed by atoms with Crippen LogP contribution in [-0.4, -0.2) is 46.9 Å². The highest BCUT2D eigenvalue weighted by Gasteiger charge is 2.24. The summed E-state index contributed by atoms with van der Waals surface area (Å²) in [6, 6.07) is -0.696. The van der Waals surface area contributed by atoms with Crippen LogP contribution in [0, 0.1) is 0 Å². The lowest BCUT2D eigenvalue weighted by molar-refractivity contribution is -0.151. The topological polar surface area (TPSA) is 95.9 Å². The van der Waals surface area contributed by atoms with Gasteiger partial charge in [0.2, 0.25) is 5.91 Å². The third-order valence-electron chi connectivity index (χ3n) is 14.3. The Morgan fingerprint density at radius 3 is 1.06 bits per heavy atom. The van der Waals surface area contributed by atoms with E-state index in [2.05, 4.69) is 38.2 Å². The highest BCUT2D eigenvalue weighted by atomic mass is 16.5. The molecule has 0 bridgehead atoms. The van der Waals surface area contributed by atoms with Crippen LogP contribution in [0.25, 0.3) is 0 Å². The van der Waals surface area contributed by atoms with Crippen LogP contribution in [0.5, 0.6) is 0 Å². The number of ether oxygens (including phenoxy) is 1. The van der Waals surface area contributed by atoms with E-state index in [0.717, 1.165) is 44.9 Å². The molecule has 0 aromatic rings. The first-order chi connectivity index (χ1) is 33.0. The lowest BCUT2D eigenvalue weighted by Gasteiger charge is -2.24. The van der Waals surface area contributed by atoms with Crippen molar-refractivity contribution in [1.82, 2.24) is 5.32 Å². The fraction of sp³-hybridized carbons (Fsp3) is 0.934. The summed E-state index contributed by atoms with van der Waals surface area (Å²) >= 11 is 0. The molecular weight excluding hydrogens is 827 g/mol. The quantitative estimate of drug-likeness (QED) is 0.0321. The van der Waals surface area contributed by atoms with E-state index in [1.807, 2.05) is 0 Å². The number of carbonyl (C=O) groups is 2. The monoisotopic (exact) mass is 946 g/mol. The Balaban J connectivity index is 4.49. The number of aliphatic hydroxyl groups excluding tert-OH is 2. The molecule has 6 nitrogen and oxygen atoms in total. The smallest absolute Gasteiger partial charge is 0.306 e. The normalized spacial score (nSPS) is 13.1. The van der Waals surface area contributed by atoms with Crippen molar-refractivity contribution in [2.45, 2.75) is 360 Å². The number of hydrogen-bond acceptors (Lipinski definition) is 5. The van der Waals surface area contributed by atoms with Gasteiger partial charge in [0.1, 0.15) is 6.10 Å². The van der Waals surface area contributed by atoms with Gasteiger partial charge in [-0.05, 0) is 51.4 Å². The van der Waals surface area contributed by atoms with Crippen LogP contribution in [0.3, 0.4) is 0 Å². The molecule has 0 aromatic heterocycles. The summed E-state index contributed by atoms with van der Waals surface area (Å²) in [5.41, 5.74) is 0. The predicted octanol–water partition coefficient (Wildman–Crippen LogP) is 18.9. The number of carbonyl (C=O) groups excluding carboxylic acids is 2. The zero-order valence-corrected chi connectivity index (χ0v) is 45.6. The Morgan fingerprint density at radius 2 is 0.716 bits per heavy atom. The molecule has 0 saturated heterocycles. The van der Waals surface area contributed by atoms with Crippen molar-refractivity contribution in [3.05, 3.63) is 12.2 Å². The first-order valence-corrected chi connectivity index (χ1v) is 30.4. The Labute approximate surface area is 419 Å². The van der Waals surface area contributed by atoms with E-state index < -0.39 is 18.2 Å². The SMILES string of the molecule is CCCCCCCC/C=C/CCCCCCCCCCCC(=O)OC(CCCCCCCCCCCCCCCCCCC)CC(=O)NC(CO)C(O)CCCCCCCCCCCCCC. The molecule has 3 atom stereocenters. The number of nitrogens with one attached hydrogen (secondary N) is 1. The fourth-order valence-electron chi connectivity index (χ4n) is 9.72. The maximum atomic E-state index is 13.3. The molecule has 0 aromatic carbocycles. The van der Waals surface area contributed by atoms with Crippen molar-refractivity contribution in [3.8, 4) is 0 Å². The number of amides is 1. The molecule has 67 heavy (non-hydrogen) atoms. The second-order valence-electron chi connectivity index (χ2n) is 21.1. The minimum atomic E-state index is -0.782. The van der Waals surface area contributed by atoms with E-state index in [1.165, 1.54) is 250 Å². The molecule has 0 fully saturated rings. The van der Waals surface area contributed by atoms with Crippen LogP contribution < -0.4 is 5.32 Å². The molecule has 3 N–H and O–H groups in total. The van der Waals surface area contributed by atoms with Crippen molar-refractivity contribution >= 4 is 11.9 Å². The zero-order valence-electron chi connectivity index (χ0n) is 45.6. The Kier molecular flexibility index (Phi) is 54.4. The molecule has 0 aliphatic carbocycles. The van der Waals surface area contributed by atoms with Crippen molar-refractivity contribution < 1.29 is 24.5 Å². The van der Waals surface area contributed by atoms with Crippen molar-refractivity contribution in [3.63, 3.8) is 0 Å². The van der Waals surface area contributed by atoms with Gasteiger partial charge in [-0.25, -0.2) is 0 Å². The van der Waals surface area contributed by atoms with Gasteiger partial charge in [0.25, 0.3) is 0 Å². The Morgan fingerprint density at radius 1 is 0.418 bits per heavy atom. The molecular formula is C61H119NO5. The molecule has 0 heterocycles. The Hall–Kier alpha value is -1.40. The van der Waals surface area contributed by atoms with E-state index >= 15 is 0 Å². The summed E-state index contributed by atoms with van der Waals surface area (Å²) in [4.78, 5) is 26.3. The van der Waals surface area contributed by atoms with E-state index in [-0.39, 0.29) is 24.9 Å². The molecule has 3 unspecified atom stereocenters. The molecule has 0 saturated carbocycles. The summed E-state index contributed by atoms with van der Waals surface area (Å²) in [5, 5.41) is 23.9. The van der Waals surface area contributed by atoms with Gasteiger partial charge in [-0.15, -0.1) is 0 Å². The second kappa shape index (κ2) is 55.5. The minimum Gasteiger partial charge on any atom is -0.462 e. The van der Waals surface area contributed by atoms with Crippen molar-refractivity contribution in [1.29, 1.82) is 0 Å². The average molecular weight is 947 g/mol. The second-order valence-corrected chi connectivity index (χ2v) is 21.1. The van der Waals surface area contributed by atoms with Gasteiger partial charge in [-0.2, -0.15) is 0 Å². The standard InChI is InChI=1S/C61H119NO5/c1-4-7-10-13-16-19-22-25-27-29-30-32-34-36-39-42-45-48-51-54-61(66)67-57(52-49-46-43-40-37-35-33-31-28-26-23-20-17-14-11-8-5-2)55-60(65)62-58(56-63)59(64)53-50-47-44-41-38-24-21-18-15-12-9-6-3/h25,27,57-59,63-64H,4-24,26,28-56H2,1-3H3,(H,62,65)/b27-25+. The summed E-state index contributed by atoms with van der Waals surface area (Å²) in [6.07, 6.45) is 64.3. The summed E-state index contributed by atoms with van der Waals surface area (Å²) in [6.45, 7) is 6.53. The predicted molar refractivity (Wildman–Crippen MR) is 292 cm³/mol. The number of rotatable bonds is 56. The summed E-state index contributed by atoms with van der Waals surface area (Å²) < 4.78 is 5.98. The first-order valence-electron chi connectivity index (χ1n) is 30.4. The summed E-state index contributed by atoms with van der Waals surface area (Å²) in [7, 11) is 0. The van der Waals surface area contributed by atoms with Crippen LogP contribution in [0.15, 0.2) is 12.2 Å². The molecule has 398 valence electrons. The molecule has 0 aliphatic rings. The van der Waals surface area contributed by atoms with Gasteiger partial charge in [0.15, 0.2) is 0 Å². The molecule has 0 aliphatic heterocycles. The molecule has 0 spiro atoms. The number of esters is 1. The fourth-order valence-corrected chi connectivity index (χ4v) is 9.72. The highest BCUT2D eigenvalue weighted by molar-refractivity contribution is 5.77. The van der Waals surface area contributed by atoms with Gasteiger partial charge < -0.3 is 20.3 Å². The Bertz CT molecular complexity index is 1020. The number of aliphatic hydroxyl groups is 2. The maximum Gasteiger partial charge on any atom is 0.306 e. The molecule has 1 amide bonds. The van der Waals surface area contributed by atoms with Crippen LogP contribution >= 0.6 is 0 Å². The van der Waals surface area contributed by atoms with E-state index in [0.29, 0.717) is 19.3 Å². The highest BCUT2D eigenvalue weighted by Crippen LogP contribution is 2.19. The number of hydrogen-bond donors (Lipinski definition) is 3. The third kappa shape index (κ3) is 50.8. The third-order valence-corrected chi connectivity index (χ3v) is 14.3. The zero-order chi connectivity index (χ0) is 48.8. The van der Waals surface area contributed by atoms with Crippen LogP contribution in [0.1, 0.15) is 342 Å². The van der Waals surface area contributed by atoms with Gasteiger partial charge in [0, 0.05) is 6.42 Å². The largest absolute Gasteiger partial charge is 0.462 e.